The summed E-state index contributed by atoms with van der Waals surface area (Å²) < 4.78 is 8.68. The molecule has 3 heterocycles. The fourth-order valence-electron chi connectivity index (χ4n) is 7.01. The van der Waals surface area contributed by atoms with Crippen LogP contribution in [-0.4, -0.2) is 9.55 Å². The molecule has 46 heavy (non-hydrogen) atoms. The molecule has 9 aromatic rings. The Labute approximate surface area is 267 Å². The van der Waals surface area contributed by atoms with Crippen molar-refractivity contribution < 1.29 is 4.42 Å². The molecule has 3 nitrogen and oxygen atoms in total. The monoisotopic (exact) mass is 590 g/mol. The van der Waals surface area contributed by atoms with Crippen molar-refractivity contribution in [1.29, 1.82) is 0 Å². The molecular weight excluding hydrogens is 560 g/mol. The molecule has 0 saturated carbocycles. The Bertz CT molecular complexity index is 2530. The number of furan rings is 1. The molecule has 0 aliphatic carbocycles. The predicted octanol–water partition coefficient (Wildman–Crippen LogP) is 11.3. The maximum absolute atomic E-state index is 6.33. The zero-order valence-electron chi connectivity index (χ0n) is 25.4. The Balaban J connectivity index is 1.12. The summed E-state index contributed by atoms with van der Waals surface area (Å²) in [7, 11) is 0. The van der Waals surface area contributed by atoms with E-state index in [1.807, 2.05) is 0 Å². The molecule has 0 atom stereocenters. The van der Waals surface area contributed by atoms with Crippen LogP contribution in [0, 0.1) is 6.92 Å². The molecule has 0 radical (unpaired) electrons. The maximum atomic E-state index is 6.33. The van der Waals surface area contributed by atoms with Crippen LogP contribution >= 0.6 is 0 Å². The van der Waals surface area contributed by atoms with Crippen LogP contribution in [0.25, 0.3) is 71.8 Å². The summed E-state index contributed by atoms with van der Waals surface area (Å²) in [6, 6.07) is 53.8. The van der Waals surface area contributed by atoms with Gasteiger partial charge >= 0.3 is 0 Å². The summed E-state index contributed by atoms with van der Waals surface area (Å²) in [5, 5.41) is 4.70. The number of rotatable bonds is 5. The summed E-state index contributed by atoms with van der Waals surface area (Å²) in [5.74, 6) is 0. The number of nitrogens with zero attached hydrogens (tertiary/aromatic N) is 2. The Morgan fingerprint density at radius 1 is 0.543 bits per heavy atom. The van der Waals surface area contributed by atoms with Crippen molar-refractivity contribution in [3.8, 4) is 28.1 Å². The molecule has 0 spiro atoms. The Hall–Kier alpha value is -5.93. The van der Waals surface area contributed by atoms with Crippen LogP contribution in [0.1, 0.15) is 16.8 Å². The second-order valence-electron chi connectivity index (χ2n) is 12.0. The van der Waals surface area contributed by atoms with Crippen molar-refractivity contribution in [3.05, 3.63) is 168 Å². The predicted molar refractivity (Wildman–Crippen MR) is 191 cm³/mol. The number of pyridine rings is 1. The minimum Gasteiger partial charge on any atom is -0.456 e. The molecule has 9 rings (SSSR count). The second kappa shape index (κ2) is 10.6. The highest BCUT2D eigenvalue weighted by Gasteiger charge is 2.15. The van der Waals surface area contributed by atoms with E-state index in [0.717, 1.165) is 51.0 Å². The fourth-order valence-corrected chi connectivity index (χ4v) is 7.01. The van der Waals surface area contributed by atoms with Gasteiger partial charge < -0.3 is 8.98 Å². The van der Waals surface area contributed by atoms with E-state index in [9.17, 15) is 0 Å². The largest absolute Gasteiger partial charge is 0.456 e. The molecule has 0 fully saturated rings. The van der Waals surface area contributed by atoms with E-state index in [2.05, 4.69) is 163 Å². The van der Waals surface area contributed by atoms with E-state index >= 15 is 0 Å². The third kappa shape index (κ3) is 4.32. The van der Waals surface area contributed by atoms with Gasteiger partial charge in [0.25, 0.3) is 0 Å². The van der Waals surface area contributed by atoms with E-state index < -0.39 is 0 Å². The first-order valence-electron chi connectivity index (χ1n) is 15.8. The van der Waals surface area contributed by atoms with Crippen LogP contribution in [0.3, 0.4) is 0 Å². The van der Waals surface area contributed by atoms with E-state index in [0.29, 0.717) is 0 Å². The number of aryl methyl sites for hydroxylation is 1. The summed E-state index contributed by atoms with van der Waals surface area (Å²) >= 11 is 0. The van der Waals surface area contributed by atoms with E-state index in [1.165, 1.54) is 44.1 Å². The lowest BCUT2D eigenvalue weighted by molar-refractivity contribution is 0.669. The zero-order chi connectivity index (χ0) is 30.6. The van der Waals surface area contributed by atoms with Crippen LogP contribution in [-0.2, 0) is 6.42 Å². The van der Waals surface area contributed by atoms with Crippen molar-refractivity contribution in [1.82, 2.24) is 9.55 Å². The molecule has 0 N–H and O–H groups in total. The number of hydrogen-bond acceptors (Lipinski definition) is 2. The molecule has 0 saturated heterocycles. The van der Waals surface area contributed by atoms with Gasteiger partial charge in [0.05, 0.1) is 16.7 Å². The molecule has 3 heteroatoms. The van der Waals surface area contributed by atoms with Crippen LogP contribution in [0.4, 0.5) is 0 Å². The molecular formula is C43H30N2O. The molecule has 0 aliphatic heterocycles. The van der Waals surface area contributed by atoms with Crippen LogP contribution in [0.15, 0.2) is 156 Å². The van der Waals surface area contributed by atoms with Gasteiger partial charge in [-0.3, -0.25) is 4.98 Å². The van der Waals surface area contributed by atoms with Crippen LogP contribution < -0.4 is 0 Å². The van der Waals surface area contributed by atoms with Crippen LogP contribution in [0.2, 0.25) is 0 Å². The van der Waals surface area contributed by atoms with Gasteiger partial charge in [-0.05, 0) is 89.8 Å². The quantitative estimate of drug-likeness (QED) is 0.200. The average Bonchev–Trinajstić information content (AvgIpc) is 3.64. The highest BCUT2D eigenvalue weighted by atomic mass is 16.3. The standard InChI is InChI=1S/C43H30N2O/c1-28-11-2-4-14-33(28)34-15-5-3-12-29(34)25-31-13-10-18-39(44-31)30-21-23-42-37(26-30)38-27-32(22-24-43(38)46-42)45-40-19-8-6-16-35(40)36-17-7-9-20-41(36)45/h2-24,26-27H,25H2,1H3. The van der Waals surface area contributed by atoms with E-state index in [-0.39, 0.29) is 0 Å². The van der Waals surface area contributed by atoms with Gasteiger partial charge in [0.1, 0.15) is 11.2 Å². The molecule has 0 unspecified atom stereocenters. The van der Waals surface area contributed by atoms with Gasteiger partial charge in [0.15, 0.2) is 0 Å². The average molecular weight is 591 g/mol. The van der Waals surface area contributed by atoms with Gasteiger partial charge in [-0.15, -0.1) is 0 Å². The normalized spacial score (nSPS) is 11.7. The number of benzene rings is 6. The highest BCUT2D eigenvalue weighted by molar-refractivity contribution is 6.10. The lowest BCUT2D eigenvalue weighted by Gasteiger charge is -2.12. The lowest BCUT2D eigenvalue weighted by Crippen LogP contribution is -1.97. The smallest absolute Gasteiger partial charge is 0.135 e. The van der Waals surface area contributed by atoms with Crippen molar-refractivity contribution in [2.75, 3.05) is 0 Å². The number of hydrogen-bond donors (Lipinski definition) is 0. The SMILES string of the molecule is Cc1ccccc1-c1ccccc1Cc1cccc(-c2ccc3oc4ccc(-n5c6ccccc6c6ccccc65)cc4c3c2)n1. The molecule has 3 aromatic heterocycles. The number of para-hydroxylation sites is 2. The lowest BCUT2D eigenvalue weighted by atomic mass is 9.93. The van der Waals surface area contributed by atoms with Gasteiger partial charge in [-0.2, -0.15) is 0 Å². The number of fused-ring (bicyclic) bond motifs is 6. The Morgan fingerprint density at radius 3 is 1.98 bits per heavy atom. The molecule has 218 valence electrons. The third-order valence-electron chi connectivity index (χ3n) is 9.22. The van der Waals surface area contributed by atoms with Gasteiger partial charge in [0, 0.05) is 44.9 Å². The van der Waals surface area contributed by atoms with E-state index in [1.54, 1.807) is 0 Å². The number of aromatic nitrogens is 2. The van der Waals surface area contributed by atoms with Gasteiger partial charge in [0.2, 0.25) is 0 Å². The molecule has 6 aromatic carbocycles. The summed E-state index contributed by atoms with van der Waals surface area (Å²) in [5.41, 5.74) is 13.4. The first-order valence-corrected chi connectivity index (χ1v) is 15.8. The maximum Gasteiger partial charge on any atom is 0.135 e. The first kappa shape index (κ1) is 26.5. The summed E-state index contributed by atoms with van der Waals surface area (Å²) in [4.78, 5) is 5.16. The summed E-state index contributed by atoms with van der Waals surface area (Å²) in [6.07, 6.45) is 0.761. The second-order valence-corrected chi connectivity index (χ2v) is 12.0. The third-order valence-corrected chi connectivity index (χ3v) is 9.22. The molecule has 0 bridgehead atoms. The first-order chi connectivity index (χ1) is 22.7. The topological polar surface area (TPSA) is 31.0 Å². The molecule has 0 amide bonds. The zero-order valence-corrected chi connectivity index (χ0v) is 25.4. The Kier molecular flexibility index (Phi) is 6.10. The van der Waals surface area contributed by atoms with Gasteiger partial charge in [-0.1, -0.05) is 91.0 Å². The summed E-state index contributed by atoms with van der Waals surface area (Å²) in [6.45, 7) is 2.17. The molecule has 0 aliphatic rings. The van der Waals surface area contributed by atoms with E-state index in [4.69, 9.17) is 9.40 Å². The van der Waals surface area contributed by atoms with Crippen molar-refractivity contribution in [3.63, 3.8) is 0 Å². The minimum atomic E-state index is 0.761. The van der Waals surface area contributed by atoms with Crippen molar-refractivity contribution in [2.24, 2.45) is 0 Å². The minimum absolute atomic E-state index is 0.761. The van der Waals surface area contributed by atoms with Crippen molar-refractivity contribution in [2.45, 2.75) is 13.3 Å². The van der Waals surface area contributed by atoms with Crippen molar-refractivity contribution >= 4 is 43.7 Å². The van der Waals surface area contributed by atoms with Crippen LogP contribution in [0.5, 0.6) is 0 Å². The fraction of sp³-hybridized carbons (Fsp3) is 0.0465. The Morgan fingerprint density at radius 2 is 1.20 bits per heavy atom. The van der Waals surface area contributed by atoms with Gasteiger partial charge in [-0.25, -0.2) is 0 Å². The highest BCUT2D eigenvalue weighted by Crippen LogP contribution is 2.37.